The zero-order chi connectivity index (χ0) is 24.6. The molecule has 5 heteroatoms. The van der Waals surface area contributed by atoms with Crippen LogP contribution in [0.3, 0.4) is 0 Å². The van der Waals surface area contributed by atoms with Gasteiger partial charge in [0, 0.05) is 18.5 Å². The average Bonchev–Trinajstić information content (AvgIpc) is 2.80. The first-order chi connectivity index (χ1) is 16.0. The second kappa shape index (κ2) is 23.3. The Balaban J connectivity index is 4.04. The number of nitrogens with one attached hydrogen (secondary N) is 1. The summed E-state index contributed by atoms with van der Waals surface area (Å²) in [5, 5.41) is 2.83. The molecule has 1 N–H and O–H groups in total. The number of hydrogen-bond acceptors (Lipinski definition) is 4. The number of Topliss-reactive ketones (excluding diaryl/α,β-unsaturated/α-hetero) is 1. The quantitative estimate of drug-likeness (QED) is 0.0617. The highest BCUT2D eigenvalue weighted by Gasteiger charge is 2.16. The third-order valence-corrected chi connectivity index (χ3v) is 5.67. The summed E-state index contributed by atoms with van der Waals surface area (Å²) in [5.74, 6) is -1.23. The van der Waals surface area contributed by atoms with Crippen molar-refractivity contribution >= 4 is 17.7 Å². The van der Waals surface area contributed by atoms with Crippen LogP contribution in [0.15, 0.2) is 24.3 Å². The van der Waals surface area contributed by atoms with Crippen molar-refractivity contribution in [3.05, 3.63) is 24.3 Å². The number of allylic oxidation sites excluding steroid dienone is 2. The number of unbranched alkanes of at least 4 members (excludes halogenated alkanes) is 12. The number of hydrogen-bond donors (Lipinski definition) is 1. The van der Waals surface area contributed by atoms with Crippen LogP contribution in [0.1, 0.15) is 124 Å². The number of amides is 1. The number of carbonyl (C=O) groups is 3. The Morgan fingerprint density at radius 2 is 1.27 bits per heavy atom. The molecule has 0 unspecified atom stereocenters. The summed E-state index contributed by atoms with van der Waals surface area (Å²) >= 11 is 0. The third kappa shape index (κ3) is 20.4. The molecule has 0 aromatic rings. The first-order valence-electron chi connectivity index (χ1n) is 13.4. The molecule has 0 aliphatic rings. The van der Waals surface area contributed by atoms with Crippen molar-refractivity contribution in [2.24, 2.45) is 0 Å². The van der Waals surface area contributed by atoms with E-state index in [0.29, 0.717) is 13.0 Å². The van der Waals surface area contributed by atoms with Gasteiger partial charge in [-0.3, -0.25) is 9.59 Å². The van der Waals surface area contributed by atoms with Crippen molar-refractivity contribution < 1.29 is 19.1 Å². The van der Waals surface area contributed by atoms with E-state index in [0.717, 1.165) is 38.5 Å². The predicted molar refractivity (Wildman–Crippen MR) is 137 cm³/mol. The molecule has 0 saturated carbocycles. The Bertz CT molecular complexity index is 568. The van der Waals surface area contributed by atoms with Crippen LogP contribution >= 0.6 is 0 Å². The van der Waals surface area contributed by atoms with Crippen molar-refractivity contribution in [1.82, 2.24) is 5.32 Å². The van der Waals surface area contributed by atoms with Gasteiger partial charge in [0.1, 0.15) is 0 Å². The number of ether oxygens (including phenoxy) is 1. The highest BCUT2D eigenvalue weighted by Crippen LogP contribution is 2.12. The lowest BCUT2D eigenvalue weighted by Crippen LogP contribution is -2.38. The minimum absolute atomic E-state index is 0.213. The van der Waals surface area contributed by atoms with Crippen LogP contribution in [0.25, 0.3) is 0 Å². The Morgan fingerprint density at radius 3 is 1.82 bits per heavy atom. The van der Waals surface area contributed by atoms with Gasteiger partial charge in [0.2, 0.25) is 5.78 Å². The molecule has 0 aromatic carbocycles. The molecule has 0 aliphatic carbocycles. The van der Waals surface area contributed by atoms with E-state index < -0.39 is 11.9 Å². The number of carbonyl (C=O) groups excluding carboxylic acids is 3. The van der Waals surface area contributed by atoms with E-state index in [1.807, 2.05) is 6.08 Å². The molecule has 0 rings (SSSR count). The number of ketones is 1. The van der Waals surface area contributed by atoms with Gasteiger partial charge in [0.15, 0.2) is 0 Å². The van der Waals surface area contributed by atoms with E-state index in [-0.39, 0.29) is 11.8 Å². The molecule has 5 nitrogen and oxygen atoms in total. The summed E-state index contributed by atoms with van der Waals surface area (Å²) < 4.78 is 4.83. The summed E-state index contributed by atoms with van der Waals surface area (Å²) in [5.41, 5.74) is 0. The molecular formula is C28H49NO4. The molecule has 1 amide bonds. The lowest BCUT2D eigenvalue weighted by Gasteiger charge is -2.14. The molecule has 0 radical (unpaired) electrons. The lowest BCUT2D eigenvalue weighted by molar-refractivity contribution is -0.138. The molecule has 0 aliphatic heterocycles. The monoisotopic (exact) mass is 463 g/mol. The van der Waals surface area contributed by atoms with Crippen molar-refractivity contribution in [3.8, 4) is 0 Å². The van der Waals surface area contributed by atoms with Crippen LogP contribution in [0, 0.1) is 0 Å². The van der Waals surface area contributed by atoms with E-state index in [4.69, 9.17) is 4.74 Å². The van der Waals surface area contributed by atoms with Crippen molar-refractivity contribution in [1.29, 1.82) is 0 Å². The Labute approximate surface area is 202 Å². The third-order valence-electron chi connectivity index (χ3n) is 5.67. The molecule has 1 atom stereocenters. The molecule has 0 fully saturated rings. The first kappa shape index (κ1) is 31.1. The SMILES string of the molecule is CCCCCCCCCCCCCCC(=O)C(=O)N[C@H](/C=C/C=C/C(=O)OCC)CCCC. The normalized spacial score (nSPS) is 12.3. The van der Waals surface area contributed by atoms with Crippen molar-refractivity contribution in [2.45, 2.75) is 130 Å². The van der Waals surface area contributed by atoms with Gasteiger partial charge in [0.25, 0.3) is 5.91 Å². The van der Waals surface area contributed by atoms with E-state index in [2.05, 4.69) is 19.2 Å². The number of esters is 1. The van der Waals surface area contributed by atoms with E-state index in [1.54, 1.807) is 19.1 Å². The maximum Gasteiger partial charge on any atom is 0.330 e. The largest absolute Gasteiger partial charge is 0.463 e. The van der Waals surface area contributed by atoms with Gasteiger partial charge in [-0.2, -0.15) is 0 Å². The molecule has 0 bridgehead atoms. The summed E-state index contributed by atoms with van der Waals surface area (Å²) in [6, 6.07) is -0.213. The van der Waals surface area contributed by atoms with Gasteiger partial charge in [-0.1, -0.05) is 116 Å². The average molecular weight is 464 g/mol. The summed E-state index contributed by atoms with van der Waals surface area (Å²) in [7, 11) is 0. The second-order valence-corrected chi connectivity index (χ2v) is 8.78. The molecule has 190 valence electrons. The van der Waals surface area contributed by atoms with E-state index in [9.17, 15) is 14.4 Å². The van der Waals surface area contributed by atoms with Crippen LogP contribution in [0.5, 0.6) is 0 Å². The Hall–Kier alpha value is -1.91. The Kier molecular flexibility index (Phi) is 21.9. The zero-order valence-electron chi connectivity index (χ0n) is 21.5. The molecule has 0 heterocycles. The minimum atomic E-state index is -0.502. The van der Waals surface area contributed by atoms with Crippen LogP contribution in [-0.4, -0.2) is 30.3 Å². The van der Waals surface area contributed by atoms with Crippen LogP contribution in [0.2, 0.25) is 0 Å². The van der Waals surface area contributed by atoms with Gasteiger partial charge in [-0.25, -0.2) is 4.79 Å². The van der Waals surface area contributed by atoms with E-state index >= 15 is 0 Å². The fourth-order valence-electron chi connectivity index (χ4n) is 3.65. The zero-order valence-corrected chi connectivity index (χ0v) is 21.5. The first-order valence-corrected chi connectivity index (χ1v) is 13.4. The standard InChI is InChI=1S/C28H49NO4/c1-4-7-9-10-11-12-13-14-15-16-17-18-23-26(30)28(32)29-25(21-8-5-2)22-19-20-24-27(31)33-6-3/h19-20,22,24-25H,4-18,21,23H2,1-3H3,(H,29,32)/b22-19+,24-20+/t25-/m0/s1. The van der Waals surface area contributed by atoms with Crippen LogP contribution in [-0.2, 0) is 19.1 Å². The van der Waals surface area contributed by atoms with Gasteiger partial charge in [0.05, 0.1) is 6.61 Å². The highest BCUT2D eigenvalue weighted by atomic mass is 16.5. The number of rotatable bonds is 22. The van der Waals surface area contributed by atoms with E-state index in [1.165, 1.54) is 63.9 Å². The van der Waals surface area contributed by atoms with Crippen LogP contribution < -0.4 is 5.32 Å². The van der Waals surface area contributed by atoms with Gasteiger partial charge in [-0.15, -0.1) is 0 Å². The molecule has 0 saturated heterocycles. The fourth-order valence-corrected chi connectivity index (χ4v) is 3.65. The minimum Gasteiger partial charge on any atom is -0.463 e. The summed E-state index contributed by atoms with van der Waals surface area (Å²) in [4.78, 5) is 35.8. The molecular weight excluding hydrogens is 414 g/mol. The Morgan fingerprint density at radius 1 is 0.727 bits per heavy atom. The van der Waals surface area contributed by atoms with Gasteiger partial charge in [-0.05, 0) is 19.8 Å². The summed E-state index contributed by atoms with van der Waals surface area (Å²) in [6.45, 7) is 6.43. The smallest absolute Gasteiger partial charge is 0.330 e. The topological polar surface area (TPSA) is 72.5 Å². The maximum atomic E-state index is 12.3. The summed E-state index contributed by atoms with van der Waals surface area (Å²) in [6.07, 6.45) is 24.4. The predicted octanol–water partition coefficient (Wildman–Crippen LogP) is 7.00. The molecule has 0 spiro atoms. The van der Waals surface area contributed by atoms with Crippen molar-refractivity contribution in [2.75, 3.05) is 6.61 Å². The van der Waals surface area contributed by atoms with Gasteiger partial charge >= 0.3 is 5.97 Å². The second-order valence-electron chi connectivity index (χ2n) is 8.78. The lowest BCUT2D eigenvalue weighted by atomic mass is 10.0. The fraction of sp³-hybridized carbons (Fsp3) is 0.750. The maximum absolute atomic E-state index is 12.3. The highest BCUT2D eigenvalue weighted by molar-refractivity contribution is 6.36. The van der Waals surface area contributed by atoms with Crippen molar-refractivity contribution in [3.63, 3.8) is 0 Å². The molecule has 0 aromatic heterocycles. The van der Waals surface area contributed by atoms with Crippen LogP contribution in [0.4, 0.5) is 0 Å². The van der Waals surface area contributed by atoms with Gasteiger partial charge < -0.3 is 10.1 Å². The molecule has 33 heavy (non-hydrogen) atoms.